The number of nitrogens with zero attached hydrogens (tertiary/aromatic N) is 2. The quantitative estimate of drug-likeness (QED) is 0.297. The van der Waals surface area contributed by atoms with Crippen LogP contribution in [0.5, 0.6) is 5.75 Å². The molecule has 1 saturated carbocycles. The van der Waals surface area contributed by atoms with E-state index >= 15 is 0 Å². The highest BCUT2D eigenvalue weighted by Gasteiger charge is 2.33. The van der Waals surface area contributed by atoms with Gasteiger partial charge in [0.2, 0.25) is 17.7 Å². The van der Waals surface area contributed by atoms with Gasteiger partial charge in [0.05, 0.1) is 7.11 Å². The van der Waals surface area contributed by atoms with Crippen LogP contribution in [0, 0.1) is 6.92 Å². The van der Waals surface area contributed by atoms with Crippen molar-refractivity contribution in [2.24, 2.45) is 0 Å². The summed E-state index contributed by atoms with van der Waals surface area (Å²) in [6, 6.07) is 19.9. The molecule has 0 unspecified atom stereocenters. The molecule has 3 amide bonds. The van der Waals surface area contributed by atoms with Gasteiger partial charge in [-0.25, -0.2) is 4.98 Å². The highest BCUT2D eigenvalue weighted by molar-refractivity contribution is 5.91. The number of aromatic nitrogens is 1. The standard InChI is InChI=1S/C33H40N4O4/c1-24-14-18-26(19-15-24)32(33(40)35-27-9-4-3-5-10-27)37(23-25-16-20-28(41-2)21-17-25)31(39)13-8-12-30(38)36-29-11-6-7-22-34-29/h6-7,11,14-22,27,32H,3-5,8-10,12-13,23H2,1-2H3,(H,35,40)(H,34,36,38)/t32-/m0/s1. The zero-order chi connectivity index (χ0) is 29.0. The predicted molar refractivity (Wildman–Crippen MR) is 159 cm³/mol. The lowest BCUT2D eigenvalue weighted by atomic mass is 9.94. The monoisotopic (exact) mass is 556 g/mol. The number of anilines is 1. The minimum atomic E-state index is -0.797. The van der Waals surface area contributed by atoms with Crippen LogP contribution in [0.15, 0.2) is 72.9 Å². The molecule has 1 aliphatic carbocycles. The molecule has 1 aromatic heterocycles. The molecule has 0 saturated heterocycles. The van der Waals surface area contributed by atoms with E-state index < -0.39 is 6.04 Å². The first-order valence-electron chi connectivity index (χ1n) is 14.4. The third-order valence-corrected chi connectivity index (χ3v) is 7.46. The third kappa shape index (κ3) is 8.90. The molecule has 1 aliphatic rings. The van der Waals surface area contributed by atoms with E-state index in [4.69, 9.17) is 4.74 Å². The zero-order valence-corrected chi connectivity index (χ0v) is 24.0. The number of amides is 3. The first-order valence-corrected chi connectivity index (χ1v) is 14.4. The summed E-state index contributed by atoms with van der Waals surface area (Å²) in [5.74, 6) is 0.633. The fourth-order valence-electron chi connectivity index (χ4n) is 5.19. The van der Waals surface area contributed by atoms with E-state index in [1.165, 1.54) is 6.42 Å². The van der Waals surface area contributed by atoms with Crippen molar-refractivity contribution in [1.29, 1.82) is 0 Å². The average Bonchev–Trinajstić information content (AvgIpc) is 2.99. The summed E-state index contributed by atoms with van der Waals surface area (Å²) in [4.78, 5) is 46.0. The first kappa shape index (κ1) is 29.8. The lowest BCUT2D eigenvalue weighted by molar-refractivity contribution is -0.142. The Morgan fingerprint density at radius 3 is 2.34 bits per heavy atom. The molecule has 2 aromatic carbocycles. The van der Waals surface area contributed by atoms with Gasteiger partial charge < -0.3 is 20.3 Å². The zero-order valence-electron chi connectivity index (χ0n) is 24.0. The number of hydrogen-bond acceptors (Lipinski definition) is 5. The molecule has 8 heteroatoms. The summed E-state index contributed by atoms with van der Waals surface area (Å²) in [5, 5.41) is 6.01. The Kier molecular flexibility index (Phi) is 10.9. The van der Waals surface area contributed by atoms with Crippen LogP contribution in [0.2, 0.25) is 0 Å². The van der Waals surface area contributed by atoms with Crippen molar-refractivity contribution >= 4 is 23.5 Å². The van der Waals surface area contributed by atoms with Crippen LogP contribution in [0.1, 0.15) is 74.1 Å². The molecule has 1 heterocycles. The highest BCUT2D eigenvalue weighted by Crippen LogP contribution is 2.28. The normalized spacial score (nSPS) is 14.1. The van der Waals surface area contributed by atoms with Gasteiger partial charge >= 0.3 is 0 Å². The number of pyridine rings is 1. The second-order valence-electron chi connectivity index (χ2n) is 10.6. The number of benzene rings is 2. The van der Waals surface area contributed by atoms with E-state index in [2.05, 4.69) is 15.6 Å². The van der Waals surface area contributed by atoms with E-state index in [1.807, 2.05) is 55.5 Å². The number of aryl methyl sites for hydroxylation is 1. The summed E-state index contributed by atoms with van der Waals surface area (Å²) < 4.78 is 5.30. The van der Waals surface area contributed by atoms with Crippen LogP contribution < -0.4 is 15.4 Å². The molecule has 2 N–H and O–H groups in total. The Bertz CT molecular complexity index is 1270. The van der Waals surface area contributed by atoms with Gasteiger partial charge in [0.1, 0.15) is 17.6 Å². The van der Waals surface area contributed by atoms with Crippen molar-refractivity contribution in [2.75, 3.05) is 12.4 Å². The van der Waals surface area contributed by atoms with Crippen LogP contribution in [-0.2, 0) is 20.9 Å². The van der Waals surface area contributed by atoms with E-state index in [0.29, 0.717) is 12.2 Å². The fraction of sp³-hybridized carbons (Fsp3) is 0.394. The van der Waals surface area contributed by atoms with Crippen molar-refractivity contribution in [1.82, 2.24) is 15.2 Å². The van der Waals surface area contributed by atoms with Crippen molar-refractivity contribution in [2.45, 2.75) is 76.9 Å². The van der Waals surface area contributed by atoms with Gasteiger partial charge in [-0.1, -0.05) is 67.3 Å². The molecule has 0 bridgehead atoms. The molecule has 3 aromatic rings. The van der Waals surface area contributed by atoms with Crippen LogP contribution in [-0.4, -0.2) is 40.8 Å². The van der Waals surface area contributed by atoms with Crippen LogP contribution in [0.4, 0.5) is 5.82 Å². The maximum Gasteiger partial charge on any atom is 0.247 e. The van der Waals surface area contributed by atoms with Gasteiger partial charge in [-0.05, 0) is 61.6 Å². The SMILES string of the molecule is COc1ccc(CN(C(=O)CCCC(=O)Nc2ccccn2)[C@H](C(=O)NC2CCCCC2)c2ccc(C)cc2)cc1. The van der Waals surface area contributed by atoms with Gasteiger partial charge in [-0.15, -0.1) is 0 Å². The van der Waals surface area contributed by atoms with Crippen molar-refractivity contribution in [3.8, 4) is 5.75 Å². The number of carbonyl (C=O) groups is 3. The van der Waals surface area contributed by atoms with Crippen molar-refractivity contribution < 1.29 is 19.1 Å². The number of carbonyl (C=O) groups excluding carboxylic acids is 3. The molecular weight excluding hydrogens is 516 g/mol. The highest BCUT2D eigenvalue weighted by atomic mass is 16.5. The van der Waals surface area contributed by atoms with E-state index in [9.17, 15) is 14.4 Å². The number of hydrogen-bond donors (Lipinski definition) is 2. The molecule has 0 aliphatic heterocycles. The average molecular weight is 557 g/mol. The Hall–Kier alpha value is -4.20. The summed E-state index contributed by atoms with van der Waals surface area (Å²) in [6.07, 6.45) is 7.52. The van der Waals surface area contributed by atoms with Gasteiger partial charge in [0.25, 0.3) is 0 Å². The largest absolute Gasteiger partial charge is 0.497 e. The number of methoxy groups -OCH3 is 1. The molecule has 0 radical (unpaired) electrons. The molecule has 1 atom stereocenters. The van der Waals surface area contributed by atoms with E-state index in [0.717, 1.165) is 48.1 Å². The lowest BCUT2D eigenvalue weighted by Crippen LogP contribution is -2.46. The third-order valence-electron chi connectivity index (χ3n) is 7.46. The number of rotatable bonds is 12. The topological polar surface area (TPSA) is 101 Å². The molecular formula is C33H40N4O4. The fourth-order valence-corrected chi connectivity index (χ4v) is 5.19. The van der Waals surface area contributed by atoms with Crippen LogP contribution in [0.25, 0.3) is 0 Å². The summed E-state index contributed by atoms with van der Waals surface area (Å²) in [5.41, 5.74) is 2.72. The Labute approximate surface area is 242 Å². The minimum absolute atomic E-state index is 0.109. The van der Waals surface area contributed by atoms with Gasteiger partial charge in [-0.2, -0.15) is 0 Å². The molecule has 0 spiro atoms. The van der Waals surface area contributed by atoms with Gasteiger partial charge in [0, 0.05) is 31.6 Å². The summed E-state index contributed by atoms with van der Waals surface area (Å²) >= 11 is 0. The molecule has 216 valence electrons. The van der Waals surface area contributed by atoms with E-state index in [-0.39, 0.29) is 43.1 Å². The van der Waals surface area contributed by atoms with Crippen LogP contribution >= 0.6 is 0 Å². The first-order chi connectivity index (χ1) is 19.9. The maximum atomic E-state index is 13.9. The minimum Gasteiger partial charge on any atom is -0.497 e. The molecule has 4 rings (SSSR count). The second kappa shape index (κ2) is 15.0. The molecule has 8 nitrogen and oxygen atoms in total. The lowest BCUT2D eigenvalue weighted by Gasteiger charge is -2.33. The van der Waals surface area contributed by atoms with Crippen molar-refractivity contribution in [3.05, 3.63) is 89.6 Å². The summed E-state index contributed by atoms with van der Waals surface area (Å²) in [7, 11) is 1.61. The van der Waals surface area contributed by atoms with Gasteiger partial charge in [0.15, 0.2) is 0 Å². The van der Waals surface area contributed by atoms with Gasteiger partial charge in [-0.3, -0.25) is 14.4 Å². The van der Waals surface area contributed by atoms with Crippen molar-refractivity contribution in [3.63, 3.8) is 0 Å². The maximum absolute atomic E-state index is 13.9. The Balaban J connectivity index is 1.55. The number of nitrogens with one attached hydrogen (secondary N) is 2. The predicted octanol–water partition coefficient (Wildman–Crippen LogP) is 5.73. The number of ether oxygens (including phenoxy) is 1. The Morgan fingerprint density at radius 2 is 1.68 bits per heavy atom. The molecule has 1 fully saturated rings. The van der Waals surface area contributed by atoms with Crippen LogP contribution in [0.3, 0.4) is 0 Å². The van der Waals surface area contributed by atoms with E-state index in [1.54, 1.807) is 36.4 Å². The second-order valence-corrected chi connectivity index (χ2v) is 10.6. The smallest absolute Gasteiger partial charge is 0.247 e. The molecule has 41 heavy (non-hydrogen) atoms. The Morgan fingerprint density at radius 1 is 0.951 bits per heavy atom. The summed E-state index contributed by atoms with van der Waals surface area (Å²) in [6.45, 7) is 2.25.